The van der Waals surface area contributed by atoms with Crippen LogP contribution in [0.25, 0.3) is 0 Å². The highest BCUT2D eigenvalue weighted by molar-refractivity contribution is 8.00. The molecule has 0 saturated carbocycles. The molecule has 112 valence electrons. The molecule has 7 heteroatoms. The molecule has 0 aliphatic carbocycles. The highest BCUT2D eigenvalue weighted by Crippen LogP contribution is 2.35. The largest absolute Gasteiger partial charge is 0.355 e. The van der Waals surface area contributed by atoms with Crippen molar-refractivity contribution in [1.29, 1.82) is 0 Å². The molecular weight excluding hydrogens is 290 g/mol. The van der Waals surface area contributed by atoms with Crippen LogP contribution in [0.4, 0.5) is 5.69 Å². The molecule has 1 aliphatic rings. The van der Waals surface area contributed by atoms with Crippen LogP contribution in [0, 0.1) is 0 Å². The summed E-state index contributed by atoms with van der Waals surface area (Å²) in [5.41, 5.74) is 1.04. The van der Waals surface area contributed by atoms with E-state index in [1.54, 1.807) is 18.2 Å². The first-order valence-electron chi connectivity index (χ1n) is 6.67. The zero-order valence-corrected chi connectivity index (χ0v) is 12.7. The smallest absolute Gasteiger partial charge is 0.251 e. The molecule has 0 aromatic heterocycles. The summed E-state index contributed by atoms with van der Waals surface area (Å²) in [7, 11) is 0. The van der Waals surface area contributed by atoms with Crippen LogP contribution in [0.3, 0.4) is 0 Å². The van der Waals surface area contributed by atoms with Crippen LogP contribution in [-0.2, 0) is 9.59 Å². The summed E-state index contributed by atoms with van der Waals surface area (Å²) in [6, 6.07) is 5.11. The topological polar surface area (TPSA) is 87.3 Å². The third-order valence-electron chi connectivity index (χ3n) is 2.96. The van der Waals surface area contributed by atoms with Gasteiger partial charge in [-0.2, -0.15) is 0 Å². The van der Waals surface area contributed by atoms with Crippen molar-refractivity contribution >= 4 is 35.2 Å². The first-order valence-corrected chi connectivity index (χ1v) is 7.55. The number of nitrogens with one attached hydrogen (secondary N) is 3. The third-order valence-corrected chi connectivity index (χ3v) is 4.13. The fourth-order valence-corrected chi connectivity index (χ4v) is 2.80. The van der Waals surface area contributed by atoms with E-state index >= 15 is 0 Å². The fourth-order valence-electron chi connectivity index (χ4n) is 1.87. The first-order chi connectivity index (χ1) is 10.0. The Kier molecular flexibility index (Phi) is 4.85. The van der Waals surface area contributed by atoms with Crippen molar-refractivity contribution in [2.24, 2.45) is 0 Å². The zero-order chi connectivity index (χ0) is 15.4. The van der Waals surface area contributed by atoms with Crippen molar-refractivity contribution in [1.82, 2.24) is 10.6 Å². The van der Waals surface area contributed by atoms with Crippen LogP contribution in [0.5, 0.6) is 0 Å². The molecule has 1 aliphatic heterocycles. The van der Waals surface area contributed by atoms with E-state index in [1.165, 1.54) is 11.8 Å². The average molecular weight is 307 g/mol. The van der Waals surface area contributed by atoms with E-state index in [2.05, 4.69) is 16.0 Å². The predicted molar refractivity (Wildman–Crippen MR) is 81.4 cm³/mol. The Morgan fingerprint density at radius 1 is 1.33 bits per heavy atom. The second-order valence-corrected chi connectivity index (χ2v) is 5.98. The van der Waals surface area contributed by atoms with Gasteiger partial charge in [-0.1, -0.05) is 0 Å². The Hall–Kier alpha value is -2.02. The number of fused-ring (bicyclic) bond motifs is 1. The number of benzene rings is 1. The summed E-state index contributed by atoms with van der Waals surface area (Å²) in [5.74, 6) is -0.657. The lowest BCUT2D eigenvalue weighted by molar-refractivity contribution is -0.120. The summed E-state index contributed by atoms with van der Waals surface area (Å²) in [4.78, 5) is 35.9. The third kappa shape index (κ3) is 3.75. The van der Waals surface area contributed by atoms with Gasteiger partial charge in [0.1, 0.15) is 0 Å². The minimum Gasteiger partial charge on any atom is -0.355 e. The van der Waals surface area contributed by atoms with Gasteiger partial charge in [-0.25, -0.2) is 0 Å². The number of thioether (sulfide) groups is 1. The van der Waals surface area contributed by atoms with E-state index in [0.717, 1.165) is 4.90 Å². The molecular formula is C14H17N3O3S. The van der Waals surface area contributed by atoms with E-state index in [9.17, 15) is 14.4 Å². The van der Waals surface area contributed by atoms with Crippen molar-refractivity contribution in [2.45, 2.75) is 24.0 Å². The van der Waals surface area contributed by atoms with Crippen molar-refractivity contribution in [2.75, 3.05) is 18.4 Å². The quantitative estimate of drug-likeness (QED) is 0.774. The van der Waals surface area contributed by atoms with Gasteiger partial charge in [0, 0.05) is 17.0 Å². The van der Waals surface area contributed by atoms with E-state index in [0.29, 0.717) is 17.8 Å². The number of carbonyl (C=O) groups is 3. The summed E-state index contributed by atoms with van der Waals surface area (Å²) in [6.45, 7) is 4.09. The normalized spacial score (nSPS) is 16.7. The molecule has 1 heterocycles. The Morgan fingerprint density at radius 2 is 2.10 bits per heavy atom. The predicted octanol–water partition coefficient (Wildman–Crippen LogP) is 0.985. The van der Waals surface area contributed by atoms with Crippen molar-refractivity contribution in [3.63, 3.8) is 0 Å². The van der Waals surface area contributed by atoms with Gasteiger partial charge in [-0.05, 0) is 32.0 Å². The fraction of sp³-hybridized carbons (Fsp3) is 0.357. The molecule has 0 saturated heterocycles. The maximum absolute atomic E-state index is 12.0. The molecule has 0 radical (unpaired) electrons. The highest BCUT2D eigenvalue weighted by atomic mass is 32.2. The van der Waals surface area contributed by atoms with Crippen molar-refractivity contribution in [3.05, 3.63) is 23.8 Å². The lowest BCUT2D eigenvalue weighted by atomic mass is 10.1. The number of amides is 3. The lowest BCUT2D eigenvalue weighted by Crippen LogP contribution is -2.36. The van der Waals surface area contributed by atoms with Gasteiger partial charge in [0.2, 0.25) is 11.8 Å². The molecule has 3 amide bonds. The van der Waals surface area contributed by atoms with Crippen LogP contribution in [0.15, 0.2) is 23.1 Å². The maximum atomic E-state index is 12.0. The highest BCUT2D eigenvalue weighted by Gasteiger charge is 2.23. The molecule has 0 fully saturated rings. The van der Waals surface area contributed by atoms with Crippen molar-refractivity contribution in [3.8, 4) is 0 Å². The molecule has 2 rings (SSSR count). The molecule has 0 bridgehead atoms. The van der Waals surface area contributed by atoms with Gasteiger partial charge in [0.15, 0.2) is 0 Å². The monoisotopic (exact) mass is 307 g/mol. The molecule has 1 unspecified atom stereocenters. The van der Waals surface area contributed by atoms with Gasteiger partial charge in [-0.3, -0.25) is 14.4 Å². The molecule has 1 aromatic rings. The van der Waals surface area contributed by atoms with E-state index < -0.39 is 0 Å². The van der Waals surface area contributed by atoms with Crippen LogP contribution in [-0.4, -0.2) is 36.1 Å². The zero-order valence-electron chi connectivity index (χ0n) is 11.9. The Bertz CT molecular complexity index is 589. The lowest BCUT2D eigenvalue weighted by Gasteiger charge is -2.21. The number of carbonyl (C=O) groups excluding carboxylic acids is 3. The Labute approximate surface area is 127 Å². The molecule has 0 spiro atoms. The summed E-state index contributed by atoms with van der Waals surface area (Å²) >= 11 is 1.46. The van der Waals surface area contributed by atoms with Crippen LogP contribution >= 0.6 is 11.8 Å². The van der Waals surface area contributed by atoms with Crippen molar-refractivity contribution < 1.29 is 14.4 Å². The maximum Gasteiger partial charge on any atom is 0.251 e. The molecule has 21 heavy (non-hydrogen) atoms. The van der Waals surface area contributed by atoms with E-state index in [-0.39, 0.29) is 29.5 Å². The summed E-state index contributed by atoms with van der Waals surface area (Å²) < 4.78 is 0. The second kappa shape index (κ2) is 6.62. The van der Waals surface area contributed by atoms with Gasteiger partial charge in [0.25, 0.3) is 5.91 Å². The Balaban J connectivity index is 2.05. The van der Waals surface area contributed by atoms with E-state index in [4.69, 9.17) is 0 Å². The van der Waals surface area contributed by atoms with Crippen LogP contribution < -0.4 is 16.0 Å². The molecule has 1 aromatic carbocycles. The second-order valence-electron chi connectivity index (χ2n) is 4.60. The van der Waals surface area contributed by atoms with Gasteiger partial charge < -0.3 is 16.0 Å². The van der Waals surface area contributed by atoms with Gasteiger partial charge >= 0.3 is 0 Å². The number of likely N-dealkylation sites (N-methyl/N-ethyl adjacent to an activating group) is 1. The Morgan fingerprint density at radius 3 is 2.81 bits per heavy atom. The summed E-state index contributed by atoms with van der Waals surface area (Å²) in [6.07, 6.45) is 0. The van der Waals surface area contributed by atoms with Crippen LogP contribution in [0.2, 0.25) is 0 Å². The number of rotatable bonds is 4. The standard InChI is InChI=1S/C14H17N3O3S/c1-3-15-12(18)7-16-14(20)9-4-5-11-10(6-9)17-13(19)8(2)21-11/h4-6,8H,3,7H2,1-2H3,(H,15,18)(H,16,20)(H,17,19). The van der Waals surface area contributed by atoms with Crippen LogP contribution in [0.1, 0.15) is 24.2 Å². The summed E-state index contributed by atoms with van der Waals surface area (Å²) in [5, 5.41) is 7.77. The van der Waals surface area contributed by atoms with Gasteiger partial charge in [-0.15, -0.1) is 11.8 Å². The molecule has 1 atom stereocenters. The molecule has 6 nitrogen and oxygen atoms in total. The average Bonchev–Trinajstić information content (AvgIpc) is 2.46. The van der Waals surface area contributed by atoms with Gasteiger partial charge in [0.05, 0.1) is 17.5 Å². The minimum atomic E-state index is -0.345. The number of anilines is 1. The van der Waals surface area contributed by atoms with E-state index in [1.807, 2.05) is 13.8 Å². The SMILES string of the molecule is CCNC(=O)CNC(=O)c1ccc2c(c1)NC(=O)C(C)S2. The minimum absolute atomic E-state index is 0.0676. The number of hydrogen-bond donors (Lipinski definition) is 3. The molecule has 3 N–H and O–H groups in total. The first kappa shape index (κ1) is 15.4. The number of hydrogen-bond acceptors (Lipinski definition) is 4.